The van der Waals surface area contributed by atoms with E-state index in [9.17, 15) is 13.6 Å². The molecular formula is C18H16F2N4O2. The summed E-state index contributed by atoms with van der Waals surface area (Å²) in [6.45, 7) is 0.856. The predicted molar refractivity (Wildman–Crippen MR) is 89.7 cm³/mol. The molecule has 6 nitrogen and oxygen atoms in total. The van der Waals surface area contributed by atoms with Gasteiger partial charge in [-0.3, -0.25) is 4.98 Å². The van der Waals surface area contributed by atoms with E-state index < -0.39 is 17.7 Å². The van der Waals surface area contributed by atoms with Gasteiger partial charge < -0.3 is 9.64 Å². The Morgan fingerprint density at radius 1 is 1.12 bits per heavy atom. The van der Waals surface area contributed by atoms with Crippen molar-refractivity contribution < 1.29 is 18.3 Å². The third-order valence-electron chi connectivity index (χ3n) is 4.37. The first kappa shape index (κ1) is 16.4. The van der Waals surface area contributed by atoms with Crippen molar-refractivity contribution in [3.63, 3.8) is 0 Å². The number of hydrogen-bond acceptors (Lipinski definition) is 4. The molecule has 1 aromatic carbocycles. The number of rotatable bonds is 3. The molecule has 2 aliphatic heterocycles. The van der Waals surface area contributed by atoms with E-state index in [-0.39, 0.29) is 12.1 Å². The number of likely N-dealkylation sites (tertiary alicyclic amines) is 1. The highest BCUT2D eigenvalue weighted by atomic mass is 19.1. The van der Waals surface area contributed by atoms with Crippen molar-refractivity contribution in [3.8, 4) is 5.75 Å². The number of hydrazone groups is 1. The van der Waals surface area contributed by atoms with Gasteiger partial charge in [0.05, 0.1) is 19.1 Å². The van der Waals surface area contributed by atoms with Gasteiger partial charge in [0.1, 0.15) is 23.5 Å². The molecule has 26 heavy (non-hydrogen) atoms. The van der Waals surface area contributed by atoms with Crippen LogP contribution >= 0.6 is 0 Å². The molecule has 1 aromatic heterocycles. The second-order valence-electron chi connectivity index (χ2n) is 6.21. The Balaban J connectivity index is 1.39. The maximum atomic E-state index is 13.5. The lowest BCUT2D eigenvalue weighted by Crippen LogP contribution is -2.58. The first-order chi connectivity index (χ1) is 12.6. The number of benzene rings is 1. The maximum absolute atomic E-state index is 13.5. The molecular weight excluding hydrogens is 342 g/mol. The highest BCUT2D eigenvalue weighted by Gasteiger charge is 2.39. The number of pyridine rings is 1. The van der Waals surface area contributed by atoms with Crippen molar-refractivity contribution in [2.75, 3.05) is 13.1 Å². The van der Waals surface area contributed by atoms with E-state index in [0.717, 1.165) is 6.07 Å². The van der Waals surface area contributed by atoms with Crippen LogP contribution in [0.15, 0.2) is 47.8 Å². The van der Waals surface area contributed by atoms with E-state index in [4.69, 9.17) is 4.74 Å². The van der Waals surface area contributed by atoms with Crippen LogP contribution in [0.1, 0.15) is 18.0 Å². The van der Waals surface area contributed by atoms with Crippen molar-refractivity contribution in [1.29, 1.82) is 0 Å². The van der Waals surface area contributed by atoms with Crippen LogP contribution in [-0.2, 0) is 0 Å². The molecule has 1 atom stereocenters. The van der Waals surface area contributed by atoms with Crippen molar-refractivity contribution in [3.05, 3.63) is 59.9 Å². The quantitative estimate of drug-likeness (QED) is 0.848. The van der Waals surface area contributed by atoms with Gasteiger partial charge in [0, 0.05) is 31.1 Å². The zero-order valence-electron chi connectivity index (χ0n) is 13.8. The van der Waals surface area contributed by atoms with Gasteiger partial charge >= 0.3 is 6.03 Å². The van der Waals surface area contributed by atoms with E-state index in [0.29, 0.717) is 30.8 Å². The highest BCUT2D eigenvalue weighted by molar-refractivity contribution is 5.79. The number of nitrogens with zero attached hydrogens (tertiary/aromatic N) is 4. The summed E-state index contributed by atoms with van der Waals surface area (Å²) in [4.78, 5) is 18.2. The maximum Gasteiger partial charge on any atom is 0.341 e. The first-order valence-corrected chi connectivity index (χ1v) is 8.23. The molecule has 2 aromatic rings. The summed E-state index contributed by atoms with van der Waals surface area (Å²) in [5.74, 6) is -0.646. The fraction of sp³-hybridized carbons (Fsp3) is 0.278. The van der Waals surface area contributed by atoms with Crippen LogP contribution in [0.4, 0.5) is 13.6 Å². The van der Waals surface area contributed by atoms with Crippen molar-refractivity contribution >= 4 is 12.2 Å². The van der Waals surface area contributed by atoms with Gasteiger partial charge in [-0.15, -0.1) is 0 Å². The molecule has 1 saturated heterocycles. The van der Waals surface area contributed by atoms with Crippen LogP contribution in [0.25, 0.3) is 0 Å². The zero-order chi connectivity index (χ0) is 18.1. The van der Waals surface area contributed by atoms with Gasteiger partial charge in [-0.25, -0.2) is 18.6 Å². The minimum atomic E-state index is -0.672. The number of amides is 2. The van der Waals surface area contributed by atoms with Crippen LogP contribution in [-0.4, -0.2) is 46.3 Å². The Morgan fingerprint density at radius 3 is 2.50 bits per heavy atom. The zero-order valence-corrected chi connectivity index (χ0v) is 13.8. The largest absolute Gasteiger partial charge is 0.487 e. The summed E-state index contributed by atoms with van der Waals surface area (Å²) in [5, 5.41) is 5.36. The smallest absolute Gasteiger partial charge is 0.341 e. The molecule has 3 heterocycles. The Kier molecular flexibility index (Phi) is 4.24. The summed E-state index contributed by atoms with van der Waals surface area (Å²) in [5.41, 5.74) is 0.387. The normalized spacial score (nSPS) is 19.5. The molecule has 0 saturated carbocycles. The second kappa shape index (κ2) is 6.70. The van der Waals surface area contributed by atoms with E-state index >= 15 is 0 Å². The Hall–Kier alpha value is -3.03. The third-order valence-corrected chi connectivity index (χ3v) is 4.37. The number of hydrogen-bond donors (Lipinski definition) is 0. The molecule has 0 spiro atoms. The number of ether oxygens (including phenoxy) is 1. The van der Waals surface area contributed by atoms with Crippen LogP contribution in [0.3, 0.4) is 0 Å². The van der Waals surface area contributed by atoms with Gasteiger partial charge in [0.15, 0.2) is 0 Å². The molecule has 0 aliphatic carbocycles. The van der Waals surface area contributed by atoms with Crippen LogP contribution in [0, 0.1) is 11.6 Å². The topological polar surface area (TPSA) is 58.0 Å². The van der Waals surface area contributed by atoms with Crippen LogP contribution < -0.4 is 4.74 Å². The SMILES string of the molecule is O=C(N1CC(Oc2ccncc2)C1)N1N=CCC1c1cc(F)cc(F)c1. The number of carbonyl (C=O) groups is 1. The molecule has 4 rings (SSSR count). The minimum Gasteiger partial charge on any atom is -0.487 e. The van der Waals surface area contributed by atoms with Gasteiger partial charge in [0.25, 0.3) is 0 Å². The van der Waals surface area contributed by atoms with Gasteiger partial charge in [0.2, 0.25) is 0 Å². The van der Waals surface area contributed by atoms with Crippen molar-refractivity contribution in [2.24, 2.45) is 5.10 Å². The van der Waals surface area contributed by atoms with Crippen molar-refractivity contribution in [1.82, 2.24) is 14.9 Å². The summed E-state index contributed by atoms with van der Waals surface area (Å²) in [7, 11) is 0. The molecule has 2 amide bonds. The third kappa shape index (κ3) is 3.22. The van der Waals surface area contributed by atoms with Gasteiger partial charge in [-0.1, -0.05) is 0 Å². The number of urea groups is 1. The molecule has 0 radical (unpaired) electrons. The summed E-state index contributed by atoms with van der Waals surface area (Å²) in [6, 6.07) is 5.97. The van der Waals surface area contributed by atoms with Crippen LogP contribution in [0.5, 0.6) is 5.75 Å². The average molecular weight is 358 g/mol. The van der Waals surface area contributed by atoms with Gasteiger partial charge in [-0.05, 0) is 29.8 Å². The van der Waals surface area contributed by atoms with E-state index in [1.807, 2.05) is 0 Å². The Labute approximate surface area is 148 Å². The van der Waals surface area contributed by atoms with Crippen LogP contribution in [0.2, 0.25) is 0 Å². The molecule has 8 heteroatoms. The Bertz CT molecular complexity index is 820. The lowest BCUT2D eigenvalue weighted by molar-refractivity contribution is 0.0276. The molecule has 1 fully saturated rings. The fourth-order valence-electron chi connectivity index (χ4n) is 3.07. The average Bonchev–Trinajstić information content (AvgIpc) is 3.07. The van der Waals surface area contributed by atoms with E-state index in [1.54, 1.807) is 35.6 Å². The number of halogens is 2. The lowest BCUT2D eigenvalue weighted by atomic mass is 10.0. The monoisotopic (exact) mass is 358 g/mol. The summed E-state index contributed by atoms with van der Waals surface area (Å²) >= 11 is 0. The first-order valence-electron chi connectivity index (χ1n) is 8.23. The predicted octanol–water partition coefficient (Wildman–Crippen LogP) is 2.98. The summed E-state index contributed by atoms with van der Waals surface area (Å²) in [6.07, 6.45) is 5.17. The molecule has 1 unspecified atom stereocenters. The molecule has 0 bridgehead atoms. The molecule has 134 valence electrons. The minimum absolute atomic E-state index is 0.0991. The standard InChI is InChI=1S/C18H16F2N4O2/c19-13-7-12(8-14(20)9-13)17-3-6-22-24(17)18(25)23-10-16(11-23)26-15-1-4-21-5-2-15/h1-2,4-9,16-17H,3,10-11H2. The lowest BCUT2D eigenvalue weighted by Gasteiger charge is -2.41. The highest BCUT2D eigenvalue weighted by Crippen LogP contribution is 2.31. The van der Waals surface area contributed by atoms with E-state index in [1.165, 1.54) is 17.1 Å². The van der Waals surface area contributed by atoms with E-state index in [2.05, 4.69) is 10.1 Å². The Morgan fingerprint density at radius 2 is 1.81 bits per heavy atom. The number of aromatic nitrogens is 1. The molecule has 2 aliphatic rings. The summed E-state index contributed by atoms with van der Waals surface area (Å²) < 4.78 is 32.7. The van der Waals surface area contributed by atoms with Gasteiger partial charge in [-0.2, -0.15) is 5.10 Å². The number of carbonyl (C=O) groups excluding carboxylic acids is 1. The second-order valence-corrected chi connectivity index (χ2v) is 6.21. The fourth-order valence-corrected chi connectivity index (χ4v) is 3.07. The van der Waals surface area contributed by atoms with Crippen molar-refractivity contribution in [2.45, 2.75) is 18.6 Å². The molecule has 0 N–H and O–H groups in total.